The molecule has 2 unspecified atom stereocenters. The molecule has 90 valence electrons. The van der Waals surface area contributed by atoms with Crippen molar-refractivity contribution in [3.63, 3.8) is 0 Å². The van der Waals surface area contributed by atoms with E-state index in [2.05, 4.69) is 30.6 Å². The minimum Gasteiger partial charge on any atom is -0.399 e. The molecule has 2 aliphatic heterocycles. The minimum absolute atomic E-state index is 0.359. The zero-order chi connectivity index (χ0) is 11.8. The van der Waals surface area contributed by atoms with Crippen LogP contribution in [0.25, 0.3) is 0 Å². The van der Waals surface area contributed by atoms with Crippen LogP contribution < -0.4 is 0 Å². The first kappa shape index (κ1) is 12.1. The first-order chi connectivity index (χ1) is 7.47. The third-order valence-electron chi connectivity index (χ3n) is 3.60. The Morgan fingerprint density at radius 3 is 2.69 bits per heavy atom. The molecule has 2 saturated heterocycles. The van der Waals surface area contributed by atoms with E-state index in [1.54, 1.807) is 0 Å². The maximum Gasteiger partial charge on any atom is 0.185 e. The largest absolute Gasteiger partial charge is 0.399 e. The number of hydrogen-bond donors (Lipinski definition) is 0. The smallest absolute Gasteiger partial charge is 0.185 e. The van der Waals surface area contributed by atoms with Crippen molar-refractivity contribution in [2.45, 2.75) is 57.0 Å². The number of piperidine rings is 1. The van der Waals surface area contributed by atoms with E-state index >= 15 is 0 Å². The summed E-state index contributed by atoms with van der Waals surface area (Å²) in [6, 6.07) is 2.86. The third kappa shape index (κ3) is 2.17. The maximum absolute atomic E-state index is 9.54. The lowest BCUT2D eigenvalue weighted by Gasteiger charge is -2.39. The van der Waals surface area contributed by atoms with Crippen LogP contribution >= 0.6 is 0 Å². The standard InChI is InChI=1S/C12H22N2OSi/c1-16(2,3)15-12(10-13)7-9-14-8-5-4-6-11(12)14/h11H,4-9H2,1-3H3. The van der Waals surface area contributed by atoms with E-state index in [9.17, 15) is 5.26 Å². The summed E-state index contributed by atoms with van der Waals surface area (Å²) in [7, 11) is -1.64. The molecule has 0 aliphatic carbocycles. The van der Waals surface area contributed by atoms with Crippen LogP contribution in [0.15, 0.2) is 0 Å². The number of rotatable bonds is 2. The van der Waals surface area contributed by atoms with Gasteiger partial charge in [0.2, 0.25) is 0 Å². The molecule has 2 rings (SSSR count). The highest BCUT2D eigenvalue weighted by atomic mass is 28.4. The maximum atomic E-state index is 9.54. The Kier molecular flexibility index (Phi) is 3.13. The molecule has 4 heteroatoms. The summed E-state index contributed by atoms with van der Waals surface area (Å²) >= 11 is 0. The van der Waals surface area contributed by atoms with Gasteiger partial charge in [0, 0.05) is 13.0 Å². The van der Waals surface area contributed by atoms with Crippen molar-refractivity contribution < 1.29 is 4.43 Å². The Bertz CT molecular complexity index is 307. The van der Waals surface area contributed by atoms with Gasteiger partial charge in [-0.1, -0.05) is 6.42 Å². The monoisotopic (exact) mass is 238 g/mol. The molecule has 2 aliphatic rings. The number of nitriles is 1. The molecule has 2 fully saturated rings. The quantitative estimate of drug-likeness (QED) is 0.693. The summed E-state index contributed by atoms with van der Waals surface area (Å²) < 4.78 is 6.24. The molecule has 0 aromatic heterocycles. The average Bonchev–Trinajstić information content (AvgIpc) is 2.57. The van der Waals surface area contributed by atoms with E-state index in [0.717, 1.165) is 25.9 Å². The summed E-state index contributed by atoms with van der Waals surface area (Å²) in [6.07, 6.45) is 4.57. The van der Waals surface area contributed by atoms with Gasteiger partial charge in [0.25, 0.3) is 0 Å². The van der Waals surface area contributed by atoms with Gasteiger partial charge >= 0.3 is 0 Å². The lowest BCUT2D eigenvalue weighted by Crippen LogP contribution is -2.52. The molecular weight excluding hydrogens is 216 g/mol. The van der Waals surface area contributed by atoms with Gasteiger partial charge in [0.1, 0.15) is 0 Å². The molecule has 0 bridgehead atoms. The number of nitrogens with zero attached hydrogens (tertiary/aromatic N) is 2. The van der Waals surface area contributed by atoms with Crippen LogP contribution in [0.1, 0.15) is 25.7 Å². The lowest BCUT2D eigenvalue weighted by molar-refractivity contribution is 0.0517. The average molecular weight is 238 g/mol. The van der Waals surface area contributed by atoms with Gasteiger partial charge in [0.15, 0.2) is 13.9 Å². The van der Waals surface area contributed by atoms with Gasteiger partial charge < -0.3 is 4.43 Å². The van der Waals surface area contributed by atoms with Crippen molar-refractivity contribution in [1.82, 2.24) is 4.90 Å². The fourth-order valence-electron chi connectivity index (χ4n) is 3.08. The zero-order valence-electron chi connectivity index (χ0n) is 10.6. The van der Waals surface area contributed by atoms with Crippen molar-refractivity contribution in [3.05, 3.63) is 0 Å². The molecule has 0 aromatic carbocycles. The Hall–Kier alpha value is -0.373. The second kappa shape index (κ2) is 4.14. The summed E-state index contributed by atoms with van der Waals surface area (Å²) in [6.45, 7) is 8.73. The summed E-state index contributed by atoms with van der Waals surface area (Å²) in [5, 5.41) is 9.54. The van der Waals surface area contributed by atoms with E-state index in [1.807, 2.05) is 0 Å². The Balaban J connectivity index is 2.19. The lowest BCUT2D eigenvalue weighted by atomic mass is 9.90. The van der Waals surface area contributed by atoms with Crippen molar-refractivity contribution in [2.24, 2.45) is 0 Å². The predicted molar refractivity (Wildman–Crippen MR) is 66.6 cm³/mol. The second-order valence-corrected chi connectivity index (χ2v) is 10.4. The first-order valence-electron chi connectivity index (χ1n) is 6.32. The van der Waals surface area contributed by atoms with Gasteiger partial charge in [-0.05, 0) is 39.0 Å². The highest BCUT2D eigenvalue weighted by molar-refractivity contribution is 6.69. The van der Waals surface area contributed by atoms with Crippen LogP contribution in [0.3, 0.4) is 0 Å². The van der Waals surface area contributed by atoms with E-state index in [-0.39, 0.29) is 0 Å². The highest BCUT2D eigenvalue weighted by Gasteiger charge is 2.51. The van der Waals surface area contributed by atoms with E-state index < -0.39 is 13.9 Å². The minimum atomic E-state index is -1.64. The van der Waals surface area contributed by atoms with Crippen LogP contribution in [-0.4, -0.2) is 37.9 Å². The second-order valence-electron chi connectivity index (χ2n) is 6.01. The molecule has 2 heterocycles. The summed E-state index contributed by atoms with van der Waals surface area (Å²) in [5.74, 6) is 0. The van der Waals surface area contributed by atoms with Crippen LogP contribution in [0.2, 0.25) is 19.6 Å². The number of hydrogen-bond acceptors (Lipinski definition) is 3. The van der Waals surface area contributed by atoms with Crippen molar-refractivity contribution >= 4 is 8.32 Å². The molecule has 0 amide bonds. The molecule has 0 spiro atoms. The normalized spacial score (nSPS) is 35.8. The van der Waals surface area contributed by atoms with Crippen molar-refractivity contribution in [1.29, 1.82) is 5.26 Å². The molecule has 0 aromatic rings. The van der Waals surface area contributed by atoms with E-state index in [0.29, 0.717) is 6.04 Å². The fourth-order valence-corrected chi connectivity index (χ4v) is 4.46. The molecule has 0 radical (unpaired) electrons. The Morgan fingerprint density at radius 2 is 2.06 bits per heavy atom. The molecular formula is C12H22N2OSi. The fraction of sp³-hybridized carbons (Fsp3) is 0.917. The van der Waals surface area contributed by atoms with Crippen molar-refractivity contribution in [3.8, 4) is 6.07 Å². The molecule has 0 N–H and O–H groups in total. The van der Waals surface area contributed by atoms with Crippen LogP contribution in [0.4, 0.5) is 0 Å². The first-order valence-corrected chi connectivity index (χ1v) is 9.73. The zero-order valence-corrected chi connectivity index (χ0v) is 11.6. The van der Waals surface area contributed by atoms with Gasteiger partial charge in [-0.15, -0.1) is 0 Å². The van der Waals surface area contributed by atoms with Gasteiger partial charge in [-0.3, -0.25) is 4.90 Å². The van der Waals surface area contributed by atoms with Crippen LogP contribution in [-0.2, 0) is 4.43 Å². The molecule has 0 saturated carbocycles. The van der Waals surface area contributed by atoms with Crippen molar-refractivity contribution in [2.75, 3.05) is 13.1 Å². The van der Waals surface area contributed by atoms with E-state index in [1.165, 1.54) is 12.8 Å². The topological polar surface area (TPSA) is 36.3 Å². The van der Waals surface area contributed by atoms with Gasteiger partial charge in [0.05, 0.1) is 12.1 Å². The van der Waals surface area contributed by atoms with E-state index in [4.69, 9.17) is 4.43 Å². The van der Waals surface area contributed by atoms with Gasteiger partial charge in [-0.2, -0.15) is 5.26 Å². The Labute approximate surface area is 99.5 Å². The SMILES string of the molecule is C[Si](C)(C)OC1(C#N)CCN2CCCCC21. The number of fused-ring (bicyclic) bond motifs is 1. The summed E-state index contributed by atoms with van der Waals surface area (Å²) in [4.78, 5) is 2.47. The van der Waals surface area contributed by atoms with Gasteiger partial charge in [-0.25, -0.2) is 0 Å². The highest BCUT2D eigenvalue weighted by Crippen LogP contribution is 2.39. The predicted octanol–water partition coefficient (Wildman–Crippen LogP) is 2.36. The van der Waals surface area contributed by atoms with Crippen LogP contribution in [0.5, 0.6) is 0 Å². The summed E-state index contributed by atoms with van der Waals surface area (Å²) in [5.41, 5.74) is -0.495. The molecule has 3 nitrogen and oxygen atoms in total. The third-order valence-corrected chi connectivity index (χ3v) is 4.58. The molecule has 16 heavy (non-hydrogen) atoms. The van der Waals surface area contributed by atoms with Crippen LogP contribution in [0, 0.1) is 11.3 Å². The molecule has 2 atom stereocenters. The Morgan fingerprint density at radius 1 is 1.31 bits per heavy atom.